The highest BCUT2D eigenvalue weighted by atomic mass is 16.5. The van der Waals surface area contributed by atoms with E-state index in [4.69, 9.17) is 4.74 Å². The molecule has 3 rings (SSSR count). The second-order valence-electron chi connectivity index (χ2n) is 6.33. The Morgan fingerprint density at radius 2 is 2.09 bits per heavy atom. The van der Waals surface area contributed by atoms with Gasteiger partial charge < -0.3 is 9.64 Å². The van der Waals surface area contributed by atoms with Crippen LogP contribution in [0.3, 0.4) is 0 Å². The number of aromatic nitrogens is 2. The Hall–Kier alpha value is -1.78. The SMILES string of the molecule is Cc1cc(C[C@@H]2COCCN(CCc3ccccc3)C2)ncn1. The maximum atomic E-state index is 5.81. The van der Waals surface area contributed by atoms with Gasteiger partial charge in [0.25, 0.3) is 0 Å². The lowest BCUT2D eigenvalue weighted by atomic mass is 10.0. The number of aryl methyl sites for hydroxylation is 1. The van der Waals surface area contributed by atoms with Gasteiger partial charge in [-0.05, 0) is 31.4 Å². The van der Waals surface area contributed by atoms with Gasteiger partial charge in [-0.15, -0.1) is 0 Å². The molecule has 0 bridgehead atoms. The smallest absolute Gasteiger partial charge is 0.115 e. The molecule has 0 unspecified atom stereocenters. The van der Waals surface area contributed by atoms with Gasteiger partial charge in [0.1, 0.15) is 6.33 Å². The zero-order chi connectivity index (χ0) is 15.9. The molecule has 1 aromatic heterocycles. The first kappa shape index (κ1) is 16.1. The summed E-state index contributed by atoms with van der Waals surface area (Å²) in [6.45, 7) is 6.86. The maximum Gasteiger partial charge on any atom is 0.115 e. The molecular weight excluding hydrogens is 286 g/mol. The van der Waals surface area contributed by atoms with Crippen LogP contribution in [0.2, 0.25) is 0 Å². The first-order valence-corrected chi connectivity index (χ1v) is 8.41. The van der Waals surface area contributed by atoms with E-state index in [0.29, 0.717) is 5.92 Å². The monoisotopic (exact) mass is 311 g/mol. The van der Waals surface area contributed by atoms with Gasteiger partial charge in [0.2, 0.25) is 0 Å². The van der Waals surface area contributed by atoms with Crippen molar-refractivity contribution >= 4 is 0 Å². The van der Waals surface area contributed by atoms with Gasteiger partial charge in [0.15, 0.2) is 0 Å². The van der Waals surface area contributed by atoms with E-state index >= 15 is 0 Å². The van der Waals surface area contributed by atoms with E-state index < -0.39 is 0 Å². The van der Waals surface area contributed by atoms with E-state index in [2.05, 4.69) is 51.3 Å². The quantitative estimate of drug-likeness (QED) is 0.850. The van der Waals surface area contributed by atoms with Gasteiger partial charge in [-0.2, -0.15) is 0 Å². The highest BCUT2D eigenvalue weighted by Crippen LogP contribution is 2.13. The van der Waals surface area contributed by atoms with Gasteiger partial charge in [-0.3, -0.25) is 0 Å². The Bertz CT molecular complexity index is 603. The Kier molecular flexibility index (Phi) is 5.72. The Morgan fingerprint density at radius 1 is 1.22 bits per heavy atom. The molecule has 2 heterocycles. The van der Waals surface area contributed by atoms with Gasteiger partial charge >= 0.3 is 0 Å². The lowest BCUT2D eigenvalue weighted by Gasteiger charge is -2.23. The average molecular weight is 311 g/mol. The highest BCUT2D eigenvalue weighted by Gasteiger charge is 2.19. The van der Waals surface area contributed by atoms with Crippen LogP contribution < -0.4 is 0 Å². The molecule has 2 aromatic rings. The predicted molar refractivity (Wildman–Crippen MR) is 91.4 cm³/mol. The van der Waals surface area contributed by atoms with Crippen LogP contribution in [0.5, 0.6) is 0 Å². The normalized spacial score (nSPS) is 19.4. The minimum absolute atomic E-state index is 0.502. The van der Waals surface area contributed by atoms with Crippen molar-refractivity contribution in [3.63, 3.8) is 0 Å². The van der Waals surface area contributed by atoms with E-state index in [9.17, 15) is 0 Å². The van der Waals surface area contributed by atoms with Crippen LogP contribution in [-0.4, -0.2) is 47.7 Å². The van der Waals surface area contributed by atoms with Crippen LogP contribution in [0.4, 0.5) is 0 Å². The van der Waals surface area contributed by atoms with E-state index in [1.54, 1.807) is 6.33 Å². The minimum atomic E-state index is 0.502. The lowest BCUT2D eigenvalue weighted by Crippen LogP contribution is -2.32. The van der Waals surface area contributed by atoms with Crippen molar-refractivity contribution in [2.75, 3.05) is 32.8 Å². The number of rotatable bonds is 5. The van der Waals surface area contributed by atoms with Crippen molar-refractivity contribution < 1.29 is 4.74 Å². The van der Waals surface area contributed by atoms with E-state index in [0.717, 1.165) is 57.1 Å². The summed E-state index contributed by atoms with van der Waals surface area (Å²) in [4.78, 5) is 11.1. The minimum Gasteiger partial charge on any atom is -0.380 e. The molecule has 1 aliphatic rings. The van der Waals surface area contributed by atoms with Crippen molar-refractivity contribution in [2.45, 2.75) is 19.8 Å². The zero-order valence-corrected chi connectivity index (χ0v) is 13.8. The molecule has 4 heteroatoms. The van der Waals surface area contributed by atoms with Crippen molar-refractivity contribution in [1.82, 2.24) is 14.9 Å². The van der Waals surface area contributed by atoms with Crippen LogP contribution in [0, 0.1) is 12.8 Å². The van der Waals surface area contributed by atoms with Crippen molar-refractivity contribution in [1.29, 1.82) is 0 Å². The van der Waals surface area contributed by atoms with Crippen molar-refractivity contribution in [3.05, 3.63) is 59.7 Å². The lowest BCUT2D eigenvalue weighted by molar-refractivity contribution is 0.121. The molecule has 0 aliphatic carbocycles. The standard InChI is InChI=1S/C19H25N3O/c1-16-11-19(21-15-20-16)12-18-13-22(9-10-23-14-18)8-7-17-5-3-2-4-6-17/h2-6,11,15,18H,7-10,12-14H2,1H3/t18-/m0/s1. The molecule has 4 nitrogen and oxygen atoms in total. The largest absolute Gasteiger partial charge is 0.380 e. The zero-order valence-electron chi connectivity index (χ0n) is 13.8. The summed E-state index contributed by atoms with van der Waals surface area (Å²) in [5.41, 5.74) is 3.56. The molecule has 122 valence electrons. The summed E-state index contributed by atoms with van der Waals surface area (Å²) in [6.07, 6.45) is 3.72. The predicted octanol–water partition coefficient (Wildman–Crippen LogP) is 2.52. The molecule has 0 spiro atoms. The summed E-state index contributed by atoms with van der Waals surface area (Å²) in [5, 5.41) is 0. The highest BCUT2D eigenvalue weighted by molar-refractivity contribution is 5.15. The number of benzene rings is 1. The second kappa shape index (κ2) is 8.18. The summed E-state index contributed by atoms with van der Waals surface area (Å²) in [7, 11) is 0. The van der Waals surface area contributed by atoms with Crippen LogP contribution in [0.15, 0.2) is 42.7 Å². The Labute approximate surface area is 138 Å². The molecule has 1 atom stereocenters. The summed E-state index contributed by atoms with van der Waals surface area (Å²) >= 11 is 0. The van der Waals surface area contributed by atoms with Crippen LogP contribution in [-0.2, 0) is 17.6 Å². The Balaban J connectivity index is 1.55. The fourth-order valence-electron chi connectivity index (χ4n) is 3.13. The molecular formula is C19H25N3O. The fraction of sp³-hybridized carbons (Fsp3) is 0.474. The number of hydrogen-bond acceptors (Lipinski definition) is 4. The molecule has 0 N–H and O–H groups in total. The third-order valence-corrected chi connectivity index (χ3v) is 4.34. The van der Waals surface area contributed by atoms with Crippen LogP contribution >= 0.6 is 0 Å². The molecule has 0 radical (unpaired) electrons. The van der Waals surface area contributed by atoms with Crippen LogP contribution in [0.1, 0.15) is 17.0 Å². The third-order valence-electron chi connectivity index (χ3n) is 4.34. The summed E-state index contributed by atoms with van der Waals surface area (Å²) in [6, 6.07) is 12.8. The number of nitrogens with zero attached hydrogens (tertiary/aromatic N) is 3. The molecule has 1 aromatic carbocycles. The van der Waals surface area contributed by atoms with Crippen molar-refractivity contribution in [2.24, 2.45) is 5.92 Å². The van der Waals surface area contributed by atoms with Gasteiger partial charge in [0.05, 0.1) is 13.2 Å². The number of hydrogen-bond donors (Lipinski definition) is 0. The first-order valence-electron chi connectivity index (χ1n) is 8.41. The van der Waals surface area contributed by atoms with E-state index in [1.807, 2.05) is 6.92 Å². The summed E-state index contributed by atoms with van der Waals surface area (Å²) in [5.74, 6) is 0.502. The molecule has 1 saturated heterocycles. The molecule has 23 heavy (non-hydrogen) atoms. The van der Waals surface area contributed by atoms with Gasteiger partial charge in [-0.25, -0.2) is 9.97 Å². The molecule has 0 amide bonds. The van der Waals surface area contributed by atoms with Crippen molar-refractivity contribution in [3.8, 4) is 0 Å². The van der Waals surface area contributed by atoms with E-state index in [-0.39, 0.29) is 0 Å². The summed E-state index contributed by atoms with van der Waals surface area (Å²) < 4.78 is 5.81. The van der Waals surface area contributed by atoms with Crippen LogP contribution in [0.25, 0.3) is 0 Å². The second-order valence-corrected chi connectivity index (χ2v) is 6.33. The molecule has 1 fully saturated rings. The average Bonchev–Trinajstić information content (AvgIpc) is 2.79. The third kappa shape index (κ3) is 5.12. The Morgan fingerprint density at radius 3 is 2.91 bits per heavy atom. The fourth-order valence-corrected chi connectivity index (χ4v) is 3.13. The van der Waals surface area contributed by atoms with Gasteiger partial charge in [-0.1, -0.05) is 30.3 Å². The van der Waals surface area contributed by atoms with Gasteiger partial charge in [0, 0.05) is 36.9 Å². The number of ether oxygens (including phenoxy) is 1. The van der Waals surface area contributed by atoms with E-state index in [1.165, 1.54) is 5.56 Å². The maximum absolute atomic E-state index is 5.81. The molecule has 0 saturated carbocycles. The topological polar surface area (TPSA) is 38.2 Å². The molecule has 1 aliphatic heterocycles. The first-order chi connectivity index (χ1) is 11.3.